The lowest BCUT2D eigenvalue weighted by molar-refractivity contribution is -0.123. The van der Waals surface area contributed by atoms with Crippen molar-refractivity contribution < 1.29 is 9.90 Å². The minimum atomic E-state index is -1.05. The number of aryl methyl sites for hydroxylation is 2. The van der Waals surface area contributed by atoms with Gasteiger partial charge in [0, 0.05) is 21.8 Å². The molecular formula is C15H14N2O2S. The van der Waals surface area contributed by atoms with Crippen LogP contribution in [0.5, 0.6) is 0 Å². The molecule has 5 heteroatoms. The van der Waals surface area contributed by atoms with Gasteiger partial charge >= 0.3 is 0 Å². The van der Waals surface area contributed by atoms with E-state index < -0.39 is 6.10 Å². The van der Waals surface area contributed by atoms with Gasteiger partial charge in [-0.2, -0.15) is 0 Å². The highest BCUT2D eigenvalue weighted by atomic mass is 32.2. The number of anilines is 1. The molecule has 4 nitrogen and oxygen atoms in total. The summed E-state index contributed by atoms with van der Waals surface area (Å²) in [6.07, 6.45) is -1.05. The van der Waals surface area contributed by atoms with Crippen LogP contribution in [0.3, 0.4) is 0 Å². The van der Waals surface area contributed by atoms with Gasteiger partial charge in [0.1, 0.15) is 5.03 Å². The summed E-state index contributed by atoms with van der Waals surface area (Å²) in [5, 5.41) is 13.3. The van der Waals surface area contributed by atoms with Crippen LogP contribution in [0, 0.1) is 13.8 Å². The molecule has 1 aromatic carbocycles. The molecule has 1 aromatic heterocycles. The summed E-state index contributed by atoms with van der Waals surface area (Å²) in [7, 11) is 0. The molecule has 0 aliphatic carbocycles. The van der Waals surface area contributed by atoms with E-state index in [1.807, 2.05) is 38.1 Å². The molecule has 1 atom stereocenters. The van der Waals surface area contributed by atoms with E-state index in [1.165, 1.54) is 5.56 Å². The number of rotatable bonds is 2. The van der Waals surface area contributed by atoms with E-state index in [9.17, 15) is 9.90 Å². The van der Waals surface area contributed by atoms with Gasteiger partial charge < -0.3 is 10.4 Å². The molecule has 3 rings (SSSR count). The Kier molecular flexibility index (Phi) is 3.23. The minimum absolute atomic E-state index is 0.369. The van der Waals surface area contributed by atoms with Crippen molar-refractivity contribution in [1.29, 1.82) is 0 Å². The zero-order chi connectivity index (χ0) is 14.3. The van der Waals surface area contributed by atoms with Crippen LogP contribution < -0.4 is 5.32 Å². The lowest BCUT2D eigenvalue weighted by Gasteiger charge is -2.06. The first-order chi connectivity index (χ1) is 9.52. The summed E-state index contributed by atoms with van der Waals surface area (Å²) >= 11 is 1.54. The monoisotopic (exact) mass is 286 g/mol. The fourth-order valence-electron chi connectivity index (χ4n) is 2.27. The summed E-state index contributed by atoms with van der Waals surface area (Å²) in [5.41, 5.74) is 3.46. The summed E-state index contributed by atoms with van der Waals surface area (Å²) in [5.74, 6) is -0.369. The van der Waals surface area contributed by atoms with Crippen LogP contribution in [0.15, 0.2) is 40.3 Å². The van der Waals surface area contributed by atoms with E-state index in [0.29, 0.717) is 11.3 Å². The first kappa shape index (κ1) is 13.1. The van der Waals surface area contributed by atoms with Crippen molar-refractivity contribution in [2.24, 2.45) is 0 Å². The zero-order valence-electron chi connectivity index (χ0n) is 11.2. The fourth-order valence-corrected chi connectivity index (χ4v) is 3.25. The summed E-state index contributed by atoms with van der Waals surface area (Å²) in [6.45, 7) is 4.01. The smallest absolute Gasteiger partial charge is 0.257 e. The molecule has 0 bridgehead atoms. The normalized spacial score (nSPS) is 16.9. The van der Waals surface area contributed by atoms with E-state index in [2.05, 4.69) is 10.3 Å². The third-order valence-electron chi connectivity index (χ3n) is 3.12. The second-order valence-corrected chi connectivity index (χ2v) is 5.96. The molecule has 0 spiro atoms. The Balaban J connectivity index is 1.89. The average molecular weight is 286 g/mol. The average Bonchev–Trinajstić information content (AvgIpc) is 2.63. The van der Waals surface area contributed by atoms with Gasteiger partial charge in [0.05, 0.1) is 0 Å². The van der Waals surface area contributed by atoms with E-state index in [1.54, 1.807) is 17.8 Å². The number of hydrogen-bond donors (Lipinski definition) is 2. The molecule has 0 saturated heterocycles. The number of nitrogens with zero attached hydrogens (tertiary/aromatic N) is 1. The molecule has 1 unspecified atom stereocenters. The lowest BCUT2D eigenvalue weighted by atomic mass is 10.1. The van der Waals surface area contributed by atoms with Gasteiger partial charge in [0.15, 0.2) is 6.10 Å². The molecular weight excluding hydrogens is 272 g/mol. The van der Waals surface area contributed by atoms with Gasteiger partial charge in [-0.25, -0.2) is 4.98 Å². The molecule has 102 valence electrons. The topological polar surface area (TPSA) is 62.2 Å². The molecule has 1 aliphatic rings. The van der Waals surface area contributed by atoms with E-state index in [-0.39, 0.29) is 5.91 Å². The maximum Gasteiger partial charge on any atom is 0.257 e. The van der Waals surface area contributed by atoms with Crippen molar-refractivity contribution >= 4 is 23.4 Å². The van der Waals surface area contributed by atoms with Crippen molar-refractivity contribution in [2.45, 2.75) is 29.9 Å². The predicted octanol–water partition coefficient (Wildman–Crippen LogP) is 2.84. The van der Waals surface area contributed by atoms with Gasteiger partial charge in [-0.3, -0.25) is 4.79 Å². The second kappa shape index (κ2) is 4.92. The first-order valence-electron chi connectivity index (χ1n) is 6.29. The van der Waals surface area contributed by atoms with Crippen LogP contribution in [0.4, 0.5) is 5.69 Å². The Bertz CT molecular complexity index is 680. The quantitative estimate of drug-likeness (QED) is 0.891. The maximum absolute atomic E-state index is 11.4. The number of carbonyl (C=O) groups excluding carboxylic acids is 1. The number of amides is 1. The van der Waals surface area contributed by atoms with Crippen molar-refractivity contribution in [3.63, 3.8) is 0 Å². The third-order valence-corrected chi connectivity index (χ3v) is 4.03. The predicted molar refractivity (Wildman–Crippen MR) is 77.9 cm³/mol. The van der Waals surface area contributed by atoms with Gasteiger partial charge in [0.2, 0.25) is 0 Å². The summed E-state index contributed by atoms with van der Waals surface area (Å²) < 4.78 is 0. The van der Waals surface area contributed by atoms with E-state index >= 15 is 0 Å². The standard InChI is InChI=1S/C15H14N2O2S/c1-8-5-9(2)16-13(6-8)20-10-3-4-11-12(7-10)17-15(19)14(11)18/h3-7,14,18H,1-2H3,(H,17,19). The number of aliphatic hydroxyl groups is 1. The van der Waals surface area contributed by atoms with Crippen LogP contribution in [-0.4, -0.2) is 16.0 Å². The molecule has 0 radical (unpaired) electrons. The third kappa shape index (κ3) is 2.42. The van der Waals surface area contributed by atoms with E-state index in [4.69, 9.17) is 0 Å². The van der Waals surface area contributed by atoms with Crippen LogP contribution in [0.25, 0.3) is 0 Å². The minimum Gasteiger partial charge on any atom is -0.378 e. The number of fused-ring (bicyclic) bond motifs is 1. The zero-order valence-corrected chi connectivity index (χ0v) is 12.0. The van der Waals surface area contributed by atoms with Crippen molar-refractivity contribution in [3.8, 4) is 0 Å². The lowest BCUT2D eigenvalue weighted by Crippen LogP contribution is -2.10. The number of aromatic nitrogens is 1. The SMILES string of the molecule is Cc1cc(C)nc(Sc2ccc3c(c2)NC(=O)C3O)c1. The highest BCUT2D eigenvalue weighted by Gasteiger charge is 2.28. The van der Waals surface area contributed by atoms with Crippen LogP contribution in [-0.2, 0) is 4.79 Å². The molecule has 0 fully saturated rings. The Morgan fingerprint density at radius 3 is 2.80 bits per heavy atom. The molecule has 2 N–H and O–H groups in total. The van der Waals surface area contributed by atoms with Crippen LogP contribution in [0.1, 0.15) is 22.9 Å². The van der Waals surface area contributed by atoms with Crippen LogP contribution >= 0.6 is 11.8 Å². The first-order valence-corrected chi connectivity index (χ1v) is 7.10. The molecule has 0 saturated carbocycles. The summed E-state index contributed by atoms with van der Waals surface area (Å²) in [6, 6.07) is 9.60. The number of benzene rings is 1. The Morgan fingerprint density at radius 2 is 2.05 bits per heavy atom. The maximum atomic E-state index is 11.4. The molecule has 1 amide bonds. The van der Waals surface area contributed by atoms with Gasteiger partial charge in [-0.15, -0.1) is 0 Å². The molecule has 2 heterocycles. The number of carbonyl (C=O) groups is 1. The van der Waals surface area contributed by atoms with Gasteiger partial charge in [-0.1, -0.05) is 17.8 Å². The number of aliphatic hydroxyl groups excluding tert-OH is 1. The summed E-state index contributed by atoms with van der Waals surface area (Å²) in [4.78, 5) is 16.9. The number of nitrogens with one attached hydrogen (secondary N) is 1. The number of hydrogen-bond acceptors (Lipinski definition) is 4. The second-order valence-electron chi connectivity index (χ2n) is 4.87. The van der Waals surface area contributed by atoms with Gasteiger partial charge in [0.25, 0.3) is 5.91 Å². The van der Waals surface area contributed by atoms with Crippen LogP contribution in [0.2, 0.25) is 0 Å². The van der Waals surface area contributed by atoms with E-state index in [0.717, 1.165) is 15.6 Å². The largest absolute Gasteiger partial charge is 0.378 e. The fraction of sp³-hybridized carbons (Fsp3) is 0.200. The van der Waals surface area contributed by atoms with Crippen molar-refractivity contribution in [1.82, 2.24) is 4.98 Å². The van der Waals surface area contributed by atoms with Crippen molar-refractivity contribution in [3.05, 3.63) is 47.2 Å². The molecule has 1 aliphatic heterocycles. The Morgan fingerprint density at radius 1 is 1.25 bits per heavy atom. The Labute approximate surface area is 121 Å². The van der Waals surface area contributed by atoms with Gasteiger partial charge in [-0.05, 0) is 43.7 Å². The Hall–Kier alpha value is -1.85. The van der Waals surface area contributed by atoms with Crippen molar-refractivity contribution in [2.75, 3.05) is 5.32 Å². The highest BCUT2D eigenvalue weighted by Crippen LogP contribution is 2.36. The molecule has 20 heavy (non-hydrogen) atoms. The highest BCUT2D eigenvalue weighted by molar-refractivity contribution is 7.99. The molecule has 2 aromatic rings. The number of pyridine rings is 1.